The number of nitrogens with zero attached hydrogens (tertiary/aromatic N) is 1. The van der Waals surface area contributed by atoms with Crippen molar-refractivity contribution in [2.24, 2.45) is 0 Å². The van der Waals surface area contributed by atoms with Crippen molar-refractivity contribution in [3.8, 4) is 0 Å². The van der Waals surface area contributed by atoms with Crippen LogP contribution in [0, 0.1) is 0 Å². The van der Waals surface area contributed by atoms with Crippen molar-refractivity contribution < 1.29 is 0 Å². The number of aromatic nitrogens is 1. The Hall–Kier alpha value is -0.580. The second-order valence-corrected chi connectivity index (χ2v) is 5.97. The van der Waals surface area contributed by atoms with Gasteiger partial charge < -0.3 is 5.32 Å². The number of halogens is 2. The molecule has 0 radical (unpaired) electrons. The van der Waals surface area contributed by atoms with Gasteiger partial charge in [0.25, 0.3) is 0 Å². The zero-order chi connectivity index (χ0) is 12.3. The van der Waals surface area contributed by atoms with Crippen molar-refractivity contribution in [1.29, 1.82) is 0 Å². The molecule has 17 heavy (non-hydrogen) atoms. The minimum absolute atomic E-state index is 0.302. The Bertz CT molecular complexity index is 487. The second-order valence-electron chi connectivity index (χ2n) is 3.87. The van der Waals surface area contributed by atoms with E-state index in [1.165, 1.54) is 5.56 Å². The highest BCUT2D eigenvalue weighted by Gasteiger charge is 2.08. The van der Waals surface area contributed by atoms with Crippen LogP contribution in [0.3, 0.4) is 0 Å². The average Bonchev–Trinajstić information content (AvgIpc) is 2.75. The monoisotopic (exact) mass is 330 g/mol. The predicted octanol–water partition coefficient (Wildman–Crippen LogP) is 4.60. The van der Waals surface area contributed by atoms with Crippen LogP contribution in [-0.4, -0.2) is 11.0 Å². The molecule has 0 bridgehead atoms. The molecule has 1 atom stereocenters. The standard InChI is InChI=1S/C12H12BrClN2S/c1-8(4-9-2-3-17-7-9)16-12-11(14)5-10(13)6-15-12/h2-3,5-8H,4H2,1H3,(H,15,16). The molecule has 0 aliphatic heterocycles. The molecule has 0 fully saturated rings. The molecular weight excluding hydrogens is 320 g/mol. The largest absolute Gasteiger partial charge is 0.366 e. The summed E-state index contributed by atoms with van der Waals surface area (Å²) in [6, 6.07) is 4.28. The van der Waals surface area contributed by atoms with Crippen LogP contribution in [0.4, 0.5) is 5.82 Å². The highest BCUT2D eigenvalue weighted by Crippen LogP contribution is 2.23. The lowest BCUT2D eigenvalue weighted by atomic mass is 10.1. The van der Waals surface area contributed by atoms with Gasteiger partial charge in [-0.25, -0.2) is 4.98 Å². The number of pyridine rings is 1. The van der Waals surface area contributed by atoms with Crippen molar-refractivity contribution >= 4 is 44.7 Å². The topological polar surface area (TPSA) is 24.9 Å². The van der Waals surface area contributed by atoms with E-state index in [2.05, 4.69) is 50.0 Å². The van der Waals surface area contributed by atoms with Crippen LogP contribution < -0.4 is 5.32 Å². The molecular formula is C12H12BrClN2S. The minimum atomic E-state index is 0.302. The van der Waals surface area contributed by atoms with Gasteiger partial charge in [0, 0.05) is 16.7 Å². The summed E-state index contributed by atoms with van der Waals surface area (Å²) in [6.07, 6.45) is 2.71. The first kappa shape index (κ1) is 12.9. The fourth-order valence-electron chi connectivity index (χ4n) is 1.57. The first-order chi connectivity index (χ1) is 8.15. The maximum absolute atomic E-state index is 6.10. The Morgan fingerprint density at radius 3 is 3.06 bits per heavy atom. The average molecular weight is 332 g/mol. The minimum Gasteiger partial charge on any atom is -0.366 e. The SMILES string of the molecule is CC(Cc1ccsc1)Nc1ncc(Br)cc1Cl. The molecule has 1 N–H and O–H groups in total. The molecule has 2 rings (SSSR count). The van der Waals surface area contributed by atoms with Gasteiger partial charge in [-0.2, -0.15) is 11.3 Å². The molecule has 0 aliphatic carbocycles. The smallest absolute Gasteiger partial charge is 0.145 e. The summed E-state index contributed by atoms with van der Waals surface area (Å²) < 4.78 is 0.888. The summed E-state index contributed by atoms with van der Waals surface area (Å²) in [6.45, 7) is 2.12. The van der Waals surface area contributed by atoms with Crippen molar-refractivity contribution in [3.05, 3.63) is 44.1 Å². The molecule has 0 aromatic carbocycles. The van der Waals surface area contributed by atoms with E-state index < -0.39 is 0 Å². The third-order valence-electron chi connectivity index (χ3n) is 2.31. The number of hydrogen-bond acceptors (Lipinski definition) is 3. The van der Waals surface area contributed by atoms with E-state index >= 15 is 0 Å². The fourth-order valence-corrected chi connectivity index (χ4v) is 2.93. The van der Waals surface area contributed by atoms with Crippen LogP contribution in [0.25, 0.3) is 0 Å². The van der Waals surface area contributed by atoms with Crippen molar-refractivity contribution in [3.63, 3.8) is 0 Å². The number of hydrogen-bond donors (Lipinski definition) is 1. The summed E-state index contributed by atoms with van der Waals surface area (Å²) in [7, 11) is 0. The Morgan fingerprint density at radius 1 is 1.59 bits per heavy atom. The van der Waals surface area contributed by atoms with Crippen LogP contribution in [0.5, 0.6) is 0 Å². The van der Waals surface area contributed by atoms with Crippen molar-refractivity contribution in [2.45, 2.75) is 19.4 Å². The first-order valence-electron chi connectivity index (χ1n) is 5.24. The normalized spacial score (nSPS) is 12.4. The van der Waals surface area contributed by atoms with Crippen LogP contribution in [0.15, 0.2) is 33.6 Å². The van der Waals surface area contributed by atoms with E-state index in [4.69, 9.17) is 11.6 Å². The van der Waals surface area contributed by atoms with E-state index in [-0.39, 0.29) is 0 Å². The highest BCUT2D eigenvalue weighted by molar-refractivity contribution is 9.10. The van der Waals surface area contributed by atoms with Gasteiger partial charge >= 0.3 is 0 Å². The van der Waals surface area contributed by atoms with E-state index in [0.717, 1.165) is 16.7 Å². The van der Waals surface area contributed by atoms with Gasteiger partial charge in [0.05, 0.1) is 5.02 Å². The van der Waals surface area contributed by atoms with Crippen LogP contribution >= 0.6 is 38.9 Å². The van der Waals surface area contributed by atoms with Crippen LogP contribution in [-0.2, 0) is 6.42 Å². The molecule has 1 unspecified atom stereocenters. The first-order valence-corrected chi connectivity index (χ1v) is 7.35. The summed E-state index contributed by atoms with van der Waals surface area (Å²) in [5, 5.41) is 8.20. The fraction of sp³-hybridized carbons (Fsp3) is 0.250. The molecule has 0 saturated carbocycles. The molecule has 5 heteroatoms. The third kappa shape index (κ3) is 3.69. The number of anilines is 1. The molecule has 2 heterocycles. The molecule has 2 aromatic rings. The third-order valence-corrected chi connectivity index (χ3v) is 3.77. The predicted molar refractivity (Wildman–Crippen MR) is 78.1 cm³/mol. The molecule has 2 aromatic heterocycles. The number of nitrogens with one attached hydrogen (secondary N) is 1. The lowest BCUT2D eigenvalue weighted by molar-refractivity contribution is 0.787. The van der Waals surface area contributed by atoms with Crippen molar-refractivity contribution in [2.75, 3.05) is 5.32 Å². The second kappa shape index (κ2) is 5.85. The maximum Gasteiger partial charge on any atom is 0.145 e. The molecule has 2 nitrogen and oxygen atoms in total. The van der Waals surface area contributed by atoms with Gasteiger partial charge in [0.1, 0.15) is 5.82 Å². The van der Waals surface area contributed by atoms with Gasteiger partial charge in [0.2, 0.25) is 0 Å². The molecule has 90 valence electrons. The van der Waals surface area contributed by atoms with E-state index in [0.29, 0.717) is 11.1 Å². The van der Waals surface area contributed by atoms with Crippen LogP contribution in [0.1, 0.15) is 12.5 Å². The van der Waals surface area contributed by atoms with Gasteiger partial charge in [-0.05, 0) is 57.7 Å². The Labute approximate surface area is 118 Å². The van der Waals surface area contributed by atoms with E-state index in [9.17, 15) is 0 Å². The number of rotatable bonds is 4. The van der Waals surface area contributed by atoms with E-state index in [1.54, 1.807) is 17.5 Å². The zero-order valence-electron chi connectivity index (χ0n) is 9.28. The van der Waals surface area contributed by atoms with Gasteiger partial charge in [-0.3, -0.25) is 0 Å². The Morgan fingerprint density at radius 2 is 2.41 bits per heavy atom. The van der Waals surface area contributed by atoms with Gasteiger partial charge in [-0.15, -0.1) is 0 Å². The summed E-state index contributed by atoms with van der Waals surface area (Å²) in [5.41, 5.74) is 1.34. The lowest BCUT2D eigenvalue weighted by Crippen LogP contribution is -2.18. The lowest BCUT2D eigenvalue weighted by Gasteiger charge is -2.14. The quantitative estimate of drug-likeness (QED) is 0.885. The van der Waals surface area contributed by atoms with Crippen molar-refractivity contribution in [1.82, 2.24) is 4.98 Å². The van der Waals surface area contributed by atoms with Gasteiger partial charge in [-0.1, -0.05) is 11.6 Å². The van der Waals surface area contributed by atoms with Gasteiger partial charge in [0.15, 0.2) is 0 Å². The summed E-state index contributed by atoms with van der Waals surface area (Å²) in [5.74, 6) is 0.734. The Balaban J connectivity index is 2.00. The highest BCUT2D eigenvalue weighted by atomic mass is 79.9. The molecule has 0 saturated heterocycles. The summed E-state index contributed by atoms with van der Waals surface area (Å²) >= 11 is 11.2. The molecule has 0 aliphatic rings. The maximum atomic E-state index is 6.10. The van der Waals surface area contributed by atoms with Crippen LogP contribution in [0.2, 0.25) is 5.02 Å². The number of thiophene rings is 1. The molecule has 0 spiro atoms. The molecule has 0 amide bonds. The van der Waals surface area contributed by atoms with E-state index in [1.807, 2.05) is 6.07 Å². The summed E-state index contributed by atoms with van der Waals surface area (Å²) in [4.78, 5) is 4.26. The zero-order valence-corrected chi connectivity index (χ0v) is 12.4. The Kier molecular flexibility index (Phi) is 4.42.